The zero-order valence-corrected chi connectivity index (χ0v) is 5.53. The maximum atomic E-state index is 8.66. The molecule has 0 rings (SSSR count). The number of nitrogens with two attached hydrogens (primary N) is 1. The molecule has 0 saturated carbocycles. The predicted molar refractivity (Wildman–Crippen MR) is 37.1 cm³/mol. The molecule has 0 fully saturated rings. The molecular formula is C5H12ClNO. The van der Waals surface area contributed by atoms with Gasteiger partial charge in [0.15, 0.2) is 0 Å². The molecule has 8 heavy (non-hydrogen) atoms. The number of rotatable bonds is 3. The summed E-state index contributed by atoms with van der Waals surface area (Å²) >= 11 is 0. The molecule has 0 bridgehead atoms. The van der Waals surface area contributed by atoms with Crippen LogP contribution in [-0.4, -0.2) is 17.8 Å². The van der Waals surface area contributed by atoms with Gasteiger partial charge in [0.1, 0.15) is 0 Å². The third-order valence-corrected chi connectivity index (χ3v) is 0.735. The van der Waals surface area contributed by atoms with E-state index in [9.17, 15) is 0 Å². The summed E-state index contributed by atoms with van der Waals surface area (Å²) in [5, 5.41) is 8.66. The summed E-state index contributed by atoms with van der Waals surface area (Å²) in [6, 6.07) is 0. The number of hydrogen-bond acceptors (Lipinski definition) is 2. The van der Waals surface area contributed by atoms with Crippen LogP contribution in [0.4, 0.5) is 0 Å². The highest BCUT2D eigenvalue weighted by molar-refractivity contribution is 5.85. The Hall–Kier alpha value is -0.0500. The Morgan fingerprint density at radius 2 is 2.25 bits per heavy atom. The normalized spacial score (nSPS) is 11.8. The number of hydrogen-bond donors (Lipinski definition) is 2. The molecule has 0 radical (unpaired) electrons. The van der Waals surface area contributed by atoms with Crippen molar-refractivity contribution in [3.8, 4) is 0 Å². The fourth-order valence-corrected chi connectivity index (χ4v) is 0.289. The molecule has 0 heterocycles. The summed E-state index contributed by atoms with van der Waals surface area (Å²) in [5.74, 6) is 0. The van der Waals surface area contributed by atoms with E-state index in [0.29, 0.717) is 13.0 Å². The van der Waals surface area contributed by atoms with Crippen molar-refractivity contribution < 1.29 is 5.11 Å². The van der Waals surface area contributed by atoms with Crippen molar-refractivity contribution in [2.45, 2.75) is 12.5 Å². The molecule has 1 atom stereocenters. The van der Waals surface area contributed by atoms with Gasteiger partial charge in [0.2, 0.25) is 0 Å². The molecule has 0 aromatic heterocycles. The van der Waals surface area contributed by atoms with Crippen LogP contribution in [0.15, 0.2) is 12.7 Å². The summed E-state index contributed by atoms with van der Waals surface area (Å²) in [5.41, 5.74) is 5.10. The molecule has 1 unspecified atom stereocenters. The monoisotopic (exact) mass is 137 g/mol. The Labute approximate surface area is 55.8 Å². The molecule has 0 aliphatic heterocycles. The third kappa shape index (κ3) is 5.95. The van der Waals surface area contributed by atoms with Crippen molar-refractivity contribution in [3.05, 3.63) is 12.7 Å². The summed E-state index contributed by atoms with van der Waals surface area (Å²) in [6.45, 7) is 3.89. The van der Waals surface area contributed by atoms with E-state index in [1.807, 2.05) is 0 Å². The van der Waals surface area contributed by atoms with Gasteiger partial charge >= 0.3 is 0 Å². The van der Waals surface area contributed by atoms with Crippen LogP contribution in [0.5, 0.6) is 0 Å². The van der Waals surface area contributed by atoms with Crippen LogP contribution in [0, 0.1) is 0 Å². The molecule has 0 spiro atoms. The smallest absolute Gasteiger partial charge is 0.0730 e. The molecule has 0 aromatic rings. The third-order valence-electron chi connectivity index (χ3n) is 0.735. The molecule has 50 valence electrons. The minimum absolute atomic E-state index is 0. The first-order valence-electron chi connectivity index (χ1n) is 2.32. The van der Waals surface area contributed by atoms with E-state index in [1.54, 1.807) is 0 Å². The van der Waals surface area contributed by atoms with Crippen molar-refractivity contribution in [2.24, 2.45) is 5.73 Å². The Kier molecular flexibility index (Phi) is 9.42. The zero-order chi connectivity index (χ0) is 5.70. The van der Waals surface area contributed by atoms with Crippen LogP contribution in [0.2, 0.25) is 0 Å². The van der Waals surface area contributed by atoms with E-state index < -0.39 is 6.10 Å². The first-order valence-corrected chi connectivity index (χ1v) is 2.32. The maximum absolute atomic E-state index is 8.66. The minimum Gasteiger partial charge on any atom is -0.389 e. The average Bonchev–Trinajstić information content (AvgIpc) is 1.68. The molecule has 0 aliphatic rings. The Morgan fingerprint density at radius 3 is 2.38 bits per heavy atom. The summed E-state index contributed by atoms with van der Waals surface area (Å²) in [4.78, 5) is 0. The summed E-state index contributed by atoms with van der Waals surface area (Å²) in [6.07, 6.45) is 1.68. The van der Waals surface area contributed by atoms with E-state index in [-0.39, 0.29) is 12.4 Å². The highest BCUT2D eigenvalue weighted by Gasteiger charge is 1.91. The largest absolute Gasteiger partial charge is 0.389 e. The van der Waals surface area contributed by atoms with Crippen LogP contribution in [-0.2, 0) is 0 Å². The van der Waals surface area contributed by atoms with Crippen LogP contribution in [0.3, 0.4) is 0 Å². The van der Waals surface area contributed by atoms with Gasteiger partial charge in [0.25, 0.3) is 0 Å². The van der Waals surface area contributed by atoms with Crippen LogP contribution in [0.1, 0.15) is 6.42 Å². The Bertz CT molecular complexity index is 58.4. The van der Waals surface area contributed by atoms with Gasteiger partial charge in [-0.3, -0.25) is 0 Å². The molecule has 3 heteroatoms. The van der Waals surface area contributed by atoms with Crippen molar-refractivity contribution in [1.29, 1.82) is 0 Å². The number of aliphatic hydroxyl groups is 1. The van der Waals surface area contributed by atoms with E-state index >= 15 is 0 Å². The van der Waals surface area contributed by atoms with Gasteiger partial charge in [-0.15, -0.1) is 19.0 Å². The summed E-state index contributed by atoms with van der Waals surface area (Å²) in [7, 11) is 0. The van der Waals surface area contributed by atoms with Gasteiger partial charge in [-0.1, -0.05) is 6.08 Å². The fraction of sp³-hybridized carbons (Fsp3) is 0.600. The lowest BCUT2D eigenvalue weighted by Crippen LogP contribution is -2.09. The molecule has 0 aromatic carbocycles. The first kappa shape index (κ1) is 10.8. The van der Waals surface area contributed by atoms with Gasteiger partial charge in [-0.05, 0) is 13.0 Å². The van der Waals surface area contributed by atoms with Crippen LogP contribution < -0.4 is 5.73 Å². The lowest BCUT2D eigenvalue weighted by Gasteiger charge is -1.98. The maximum Gasteiger partial charge on any atom is 0.0730 e. The number of aliphatic hydroxyl groups excluding tert-OH is 1. The van der Waals surface area contributed by atoms with E-state index in [2.05, 4.69) is 6.58 Å². The Morgan fingerprint density at radius 1 is 1.75 bits per heavy atom. The standard InChI is InChI=1S/C5H11NO.ClH/c1-2-5(7)3-4-6;/h2,5,7H,1,3-4,6H2;1H. The minimum atomic E-state index is -0.412. The second kappa shape index (κ2) is 6.95. The molecule has 0 saturated heterocycles. The lowest BCUT2D eigenvalue weighted by molar-refractivity contribution is 0.216. The lowest BCUT2D eigenvalue weighted by atomic mass is 10.2. The van der Waals surface area contributed by atoms with Gasteiger partial charge in [-0.25, -0.2) is 0 Å². The highest BCUT2D eigenvalue weighted by atomic mass is 35.5. The molecule has 0 aliphatic carbocycles. The van der Waals surface area contributed by atoms with Gasteiger partial charge < -0.3 is 10.8 Å². The first-order chi connectivity index (χ1) is 3.31. The summed E-state index contributed by atoms with van der Waals surface area (Å²) < 4.78 is 0. The van der Waals surface area contributed by atoms with Crippen molar-refractivity contribution in [2.75, 3.05) is 6.54 Å². The van der Waals surface area contributed by atoms with Crippen LogP contribution in [0.25, 0.3) is 0 Å². The van der Waals surface area contributed by atoms with Crippen molar-refractivity contribution in [1.82, 2.24) is 0 Å². The Balaban J connectivity index is 0. The fourth-order valence-electron chi connectivity index (χ4n) is 0.289. The number of halogens is 1. The van der Waals surface area contributed by atoms with E-state index in [4.69, 9.17) is 10.8 Å². The average molecular weight is 138 g/mol. The second-order valence-corrected chi connectivity index (χ2v) is 1.38. The van der Waals surface area contributed by atoms with E-state index in [0.717, 1.165) is 0 Å². The topological polar surface area (TPSA) is 46.2 Å². The molecule has 3 N–H and O–H groups in total. The quantitative estimate of drug-likeness (QED) is 0.550. The molecular weight excluding hydrogens is 126 g/mol. The molecule has 0 amide bonds. The van der Waals surface area contributed by atoms with Gasteiger partial charge in [0, 0.05) is 0 Å². The predicted octanol–water partition coefficient (Wildman–Crippen LogP) is 0.304. The van der Waals surface area contributed by atoms with Gasteiger partial charge in [-0.2, -0.15) is 0 Å². The highest BCUT2D eigenvalue weighted by Crippen LogP contribution is 1.86. The van der Waals surface area contributed by atoms with E-state index in [1.165, 1.54) is 6.08 Å². The molecule has 2 nitrogen and oxygen atoms in total. The van der Waals surface area contributed by atoms with Crippen LogP contribution >= 0.6 is 12.4 Å². The second-order valence-electron chi connectivity index (χ2n) is 1.38. The van der Waals surface area contributed by atoms with Crippen molar-refractivity contribution >= 4 is 12.4 Å². The van der Waals surface area contributed by atoms with Crippen molar-refractivity contribution in [3.63, 3.8) is 0 Å². The van der Waals surface area contributed by atoms with Gasteiger partial charge in [0.05, 0.1) is 6.10 Å². The SMILES string of the molecule is C=CC(O)CCN.Cl. The zero-order valence-electron chi connectivity index (χ0n) is 4.71.